The second kappa shape index (κ2) is 8.72. The Labute approximate surface area is 113 Å². The summed E-state index contributed by atoms with van der Waals surface area (Å²) in [6.07, 6.45) is 6.34. The zero-order valence-electron chi connectivity index (χ0n) is 10.4. The summed E-state index contributed by atoms with van der Waals surface area (Å²) in [6, 6.07) is 7.33. The molecule has 98 valence electrons. The van der Waals surface area contributed by atoms with Gasteiger partial charge in [-0.3, -0.25) is 4.79 Å². The van der Waals surface area contributed by atoms with Gasteiger partial charge in [-0.25, -0.2) is 0 Å². The van der Waals surface area contributed by atoms with Crippen LogP contribution in [0.1, 0.15) is 24.8 Å². The van der Waals surface area contributed by atoms with Crippen molar-refractivity contribution in [1.29, 1.82) is 0 Å². The number of benzene rings is 1. The fraction of sp³-hybridized carbons (Fsp3) is 0.357. The van der Waals surface area contributed by atoms with Gasteiger partial charge in [0, 0.05) is 17.6 Å². The zero-order chi connectivity index (χ0) is 13.2. The molecule has 0 bridgehead atoms. The highest BCUT2D eigenvalue weighted by atomic mass is 35.5. The largest absolute Gasteiger partial charge is 0.353 e. The van der Waals surface area contributed by atoms with Crippen LogP contribution in [0, 0.1) is 0 Å². The van der Waals surface area contributed by atoms with Crippen molar-refractivity contribution in [2.24, 2.45) is 5.73 Å². The minimum Gasteiger partial charge on any atom is -0.353 e. The van der Waals surface area contributed by atoms with Gasteiger partial charge in [0.15, 0.2) is 0 Å². The number of nitrogens with two attached hydrogens (primary N) is 1. The first-order valence-corrected chi connectivity index (χ1v) is 6.51. The molecule has 0 aromatic heterocycles. The van der Waals surface area contributed by atoms with Gasteiger partial charge < -0.3 is 11.1 Å². The van der Waals surface area contributed by atoms with Crippen LogP contribution in [0.3, 0.4) is 0 Å². The molecule has 0 heterocycles. The van der Waals surface area contributed by atoms with E-state index in [1.807, 2.05) is 12.1 Å². The molecule has 1 amide bonds. The lowest BCUT2D eigenvalue weighted by atomic mass is 10.2. The van der Waals surface area contributed by atoms with Crippen molar-refractivity contribution in [3.8, 4) is 0 Å². The van der Waals surface area contributed by atoms with Gasteiger partial charge in [0.25, 0.3) is 0 Å². The third-order valence-electron chi connectivity index (χ3n) is 2.48. The molecule has 1 rings (SSSR count). The van der Waals surface area contributed by atoms with Crippen LogP contribution in [0.15, 0.2) is 30.3 Å². The molecule has 0 saturated carbocycles. The predicted octanol–water partition coefficient (Wildman–Crippen LogP) is 2.60. The SMILES string of the molecule is NCCCCCNC(=O)/C=C/c1ccc(Cl)cc1. The topological polar surface area (TPSA) is 55.1 Å². The van der Waals surface area contributed by atoms with Crippen LogP contribution in [0.2, 0.25) is 5.02 Å². The van der Waals surface area contributed by atoms with E-state index in [9.17, 15) is 4.79 Å². The molecule has 3 nitrogen and oxygen atoms in total. The third kappa shape index (κ3) is 6.42. The van der Waals surface area contributed by atoms with Gasteiger partial charge >= 0.3 is 0 Å². The highest BCUT2D eigenvalue weighted by Gasteiger charge is 1.95. The van der Waals surface area contributed by atoms with Crippen LogP contribution in [-0.2, 0) is 4.79 Å². The fourth-order valence-electron chi connectivity index (χ4n) is 1.46. The van der Waals surface area contributed by atoms with E-state index in [4.69, 9.17) is 17.3 Å². The van der Waals surface area contributed by atoms with Crippen LogP contribution in [0.4, 0.5) is 0 Å². The molecular formula is C14H19ClN2O. The Bertz CT molecular complexity index is 387. The van der Waals surface area contributed by atoms with E-state index in [1.54, 1.807) is 18.2 Å². The molecule has 4 heteroatoms. The lowest BCUT2D eigenvalue weighted by Gasteiger charge is -2.01. The van der Waals surface area contributed by atoms with E-state index in [1.165, 1.54) is 6.08 Å². The quantitative estimate of drug-likeness (QED) is 0.589. The monoisotopic (exact) mass is 266 g/mol. The normalized spacial score (nSPS) is 10.8. The summed E-state index contributed by atoms with van der Waals surface area (Å²) in [5.41, 5.74) is 6.34. The number of unbranched alkanes of at least 4 members (excludes halogenated alkanes) is 2. The van der Waals surface area contributed by atoms with Gasteiger partial charge in [-0.05, 0) is 43.2 Å². The van der Waals surface area contributed by atoms with Crippen LogP contribution in [0.5, 0.6) is 0 Å². The minimum atomic E-state index is -0.0716. The van der Waals surface area contributed by atoms with Gasteiger partial charge in [0.2, 0.25) is 5.91 Å². The van der Waals surface area contributed by atoms with Crippen molar-refractivity contribution >= 4 is 23.6 Å². The standard InChI is InChI=1S/C14H19ClN2O/c15-13-7-4-12(5-8-13)6-9-14(18)17-11-3-1-2-10-16/h4-9H,1-3,10-11,16H2,(H,17,18)/b9-6+. The molecule has 0 aliphatic rings. The van der Waals surface area contributed by atoms with Gasteiger partial charge in [-0.1, -0.05) is 30.2 Å². The first-order chi connectivity index (χ1) is 8.72. The molecular weight excluding hydrogens is 248 g/mol. The Morgan fingerprint density at radius 2 is 1.94 bits per heavy atom. The van der Waals surface area contributed by atoms with Gasteiger partial charge in [0.1, 0.15) is 0 Å². The Kier molecular flexibility index (Phi) is 7.14. The number of amides is 1. The third-order valence-corrected chi connectivity index (χ3v) is 2.73. The molecule has 0 spiro atoms. The van der Waals surface area contributed by atoms with Gasteiger partial charge in [-0.2, -0.15) is 0 Å². The highest BCUT2D eigenvalue weighted by molar-refractivity contribution is 6.30. The molecule has 18 heavy (non-hydrogen) atoms. The van der Waals surface area contributed by atoms with Crippen molar-refractivity contribution in [2.45, 2.75) is 19.3 Å². The maximum atomic E-state index is 11.5. The Morgan fingerprint density at radius 3 is 2.61 bits per heavy atom. The number of halogens is 1. The van der Waals surface area contributed by atoms with Crippen molar-refractivity contribution in [1.82, 2.24) is 5.32 Å². The second-order valence-electron chi connectivity index (χ2n) is 4.03. The number of carbonyl (C=O) groups excluding carboxylic acids is 1. The van der Waals surface area contributed by atoms with E-state index in [-0.39, 0.29) is 5.91 Å². The maximum absolute atomic E-state index is 11.5. The van der Waals surface area contributed by atoms with E-state index in [0.717, 1.165) is 24.8 Å². The summed E-state index contributed by atoms with van der Waals surface area (Å²) in [7, 11) is 0. The number of hydrogen-bond acceptors (Lipinski definition) is 2. The maximum Gasteiger partial charge on any atom is 0.243 e. The van der Waals surface area contributed by atoms with Gasteiger partial charge in [0.05, 0.1) is 0 Å². The number of carbonyl (C=O) groups is 1. The number of hydrogen-bond donors (Lipinski definition) is 2. The van der Waals surface area contributed by atoms with Crippen molar-refractivity contribution in [3.63, 3.8) is 0 Å². The first-order valence-electron chi connectivity index (χ1n) is 6.14. The predicted molar refractivity (Wildman–Crippen MR) is 76.4 cm³/mol. The smallest absolute Gasteiger partial charge is 0.243 e. The minimum absolute atomic E-state index is 0.0716. The molecule has 0 aliphatic carbocycles. The summed E-state index contributed by atoms with van der Waals surface area (Å²) >= 11 is 5.77. The Balaban J connectivity index is 2.25. The highest BCUT2D eigenvalue weighted by Crippen LogP contribution is 2.10. The Hall–Kier alpha value is -1.32. The first kappa shape index (κ1) is 14.7. The lowest BCUT2D eigenvalue weighted by Crippen LogP contribution is -2.22. The fourth-order valence-corrected chi connectivity index (χ4v) is 1.59. The second-order valence-corrected chi connectivity index (χ2v) is 4.46. The average Bonchev–Trinajstić information content (AvgIpc) is 2.38. The Morgan fingerprint density at radius 1 is 1.22 bits per heavy atom. The molecule has 1 aromatic carbocycles. The molecule has 0 saturated heterocycles. The van der Waals surface area contributed by atoms with Crippen molar-refractivity contribution < 1.29 is 4.79 Å². The summed E-state index contributed by atoms with van der Waals surface area (Å²) in [6.45, 7) is 1.41. The van der Waals surface area contributed by atoms with E-state index in [2.05, 4.69) is 5.32 Å². The lowest BCUT2D eigenvalue weighted by molar-refractivity contribution is -0.116. The number of rotatable bonds is 7. The van der Waals surface area contributed by atoms with E-state index in [0.29, 0.717) is 18.1 Å². The van der Waals surface area contributed by atoms with Crippen LogP contribution in [-0.4, -0.2) is 19.0 Å². The van der Waals surface area contributed by atoms with Crippen molar-refractivity contribution in [2.75, 3.05) is 13.1 Å². The zero-order valence-corrected chi connectivity index (χ0v) is 11.1. The summed E-state index contributed by atoms with van der Waals surface area (Å²) in [4.78, 5) is 11.5. The number of nitrogens with one attached hydrogen (secondary N) is 1. The molecule has 3 N–H and O–H groups in total. The van der Waals surface area contributed by atoms with Crippen LogP contribution < -0.4 is 11.1 Å². The van der Waals surface area contributed by atoms with Gasteiger partial charge in [-0.15, -0.1) is 0 Å². The molecule has 1 aromatic rings. The summed E-state index contributed by atoms with van der Waals surface area (Å²) in [5, 5.41) is 3.52. The molecule has 0 aliphatic heterocycles. The van der Waals surface area contributed by atoms with E-state index >= 15 is 0 Å². The van der Waals surface area contributed by atoms with Crippen molar-refractivity contribution in [3.05, 3.63) is 40.9 Å². The van der Waals surface area contributed by atoms with Crippen LogP contribution in [0.25, 0.3) is 6.08 Å². The van der Waals surface area contributed by atoms with Crippen LogP contribution >= 0.6 is 11.6 Å². The molecule has 0 radical (unpaired) electrons. The summed E-state index contributed by atoms with van der Waals surface area (Å²) < 4.78 is 0. The van der Waals surface area contributed by atoms with E-state index < -0.39 is 0 Å². The molecule has 0 atom stereocenters. The molecule has 0 unspecified atom stereocenters. The summed E-state index contributed by atoms with van der Waals surface area (Å²) in [5.74, 6) is -0.0716. The average molecular weight is 267 g/mol. The molecule has 0 fully saturated rings.